The zero-order chi connectivity index (χ0) is 15.1. The SMILES string of the molecule is C=CCN(CC=C)Cc1ccc(CNC2CC2)c(OC)c1. The number of nitrogens with zero attached hydrogens (tertiary/aromatic N) is 1. The molecule has 0 heterocycles. The minimum absolute atomic E-state index is 0.713. The summed E-state index contributed by atoms with van der Waals surface area (Å²) < 4.78 is 5.54. The van der Waals surface area contributed by atoms with Gasteiger partial charge < -0.3 is 10.1 Å². The van der Waals surface area contributed by atoms with Crippen LogP contribution in [0.25, 0.3) is 0 Å². The summed E-state index contributed by atoms with van der Waals surface area (Å²) >= 11 is 0. The average Bonchev–Trinajstić information content (AvgIpc) is 3.30. The molecule has 0 spiro atoms. The monoisotopic (exact) mass is 286 g/mol. The molecule has 1 aliphatic rings. The van der Waals surface area contributed by atoms with Crippen molar-refractivity contribution in [1.82, 2.24) is 10.2 Å². The van der Waals surface area contributed by atoms with E-state index in [1.54, 1.807) is 7.11 Å². The van der Waals surface area contributed by atoms with Crippen LogP contribution in [0.3, 0.4) is 0 Å². The van der Waals surface area contributed by atoms with Gasteiger partial charge in [-0.1, -0.05) is 24.3 Å². The van der Waals surface area contributed by atoms with E-state index in [1.165, 1.54) is 24.0 Å². The lowest BCUT2D eigenvalue weighted by atomic mass is 10.1. The lowest BCUT2D eigenvalue weighted by Crippen LogP contribution is -2.23. The van der Waals surface area contributed by atoms with E-state index in [9.17, 15) is 0 Å². The fourth-order valence-corrected chi connectivity index (χ4v) is 2.40. The molecule has 0 unspecified atom stereocenters. The number of methoxy groups -OCH3 is 1. The molecule has 1 N–H and O–H groups in total. The molecular weight excluding hydrogens is 260 g/mol. The van der Waals surface area contributed by atoms with Crippen LogP contribution < -0.4 is 10.1 Å². The van der Waals surface area contributed by atoms with E-state index in [2.05, 4.69) is 41.6 Å². The number of nitrogens with one attached hydrogen (secondary N) is 1. The Morgan fingerprint density at radius 1 is 1.29 bits per heavy atom. The number of ether oxygens (including phenoxy) is 1. The molecule has 1 aromatic rings. The van der Waals surface area contributed by atoms with Gasteiger partial charge in [0.1, 0.15) is 5.75 Å². The van der Waals surface area contributed by atoms with E-state index in [1.807, 2.05) is 12.2 Å². The summed E-state index contributed by atoms with van der Waals surface area (Å²) in [6.07, 6.45) is 6.46. The molecule has 1 aliphatic carbocycles. The van der Waals surface area contributed by atoms with Crippen LogP contribution in [-0.2, 0) is 13.1 Å². The van der Waals surface area contributed by atoms with Gasteiger partial charge in [-0.05, 0) is 24.5 Å². The van der Waals surface area contributed by atoms with Crippen LogP contribution >= 0.6 is 0 Å². The average molecular weight is 286 g/mol. The van der Waals surface area contributed by atoms with E-state index in [4.69, 9.17) is 4.74 Å². The predicted molar refractivity (Wildman–Crippen MR) is 88.5 cm³/mol. The van der Waals surface area contributed by atoms with Crippen LogP contribution in [-0.4, -0.2) is 31.1 Å². The summed E-state index contributed by atoms with van der Waals surface area (Å²) in [6.45, 7) is 11.1. The van der Waals surface area contributed by atoms with Gasteiger partial charge in [0.15, 0.2) is 0 Å². The first-order chi connectivity index (χ1) is 10.3. The molecule has 0 amide bonds. The normalized spacial score (nSPS) is 14.2. The van der Waals surface area contributed by atoms with Gasteiger partial charge in [-0.25, -0.2) is 0 Å². The molecule has 0 bridgehead atoms. The molecule has 2 rings (SSSR count). The Bertz CT molecular complexity index is 470. The Kier molecular flexibility index (Phi) is 6.03. The van der Waals surface area contributed by atoms with Crippen LogP contribution in [0.15, 0.2) is 43.5 Å². The highest BCUT2D eigenvalue weighted by molar-refractivity contribution is 5.37. The summed E-state index contributed by atoms with van der Waals surface area (Å²) in [5.74, 6) is 0.970. The quantitative estimate of drug-likeness (QED) is 0.669. The minimum atomic E-state index is 0.713. The first-order valence-corrected chi connectivity index (χ1v) is 7.60. The molecule has 0 atom stereocenters. The topological polar surface area (TPSA) is 24.5 Å². The van der Waals surface area contributed by atoms with Crippen LogP contribution in [0.4, 0.5) is 0 Å². The van der Waals surface area contributed by atoms with E-state index >= 15 is 0 Å². The highest BCUT2D eigenvalue weighted by Crippen LogP contribution is 2.24. The van der Waals surface area contributed by atoms with Gasteiger partial charge in [0, 0.05) is 37.8 Å². The molecule has 0 radical (unpaired) electrons. The first-order valence-electron chi connectivity index (χ1n) is 7.60. The van der Waals surface area contributed by atoms with Gasteiger partial charge in [0.2, 0.25) is 0 Å². The van der Waals surface area contributed by atoms with Crippen molar-refractivity contribution >= 4 is 0 Å². The summed E-state index contributed by atoms with van der Waals surface area (Å²) in [5.41, 5.74) is 2.48. The van der Waals surface area contributed by atoms with Gasteiger partial charge >= 0.3 is 0 Å². The number of rotatable bonds is 10. The zero-order valence-electron chi connectivity index (χ0n) is 13.0. The summed E-state index contributed by atoms with van der Waals surface area (Å²) in [4.78, 5) is 2.29. The van der Waals surface area contributed by atoms with Crippen molar-refractivity contribution in [1.29, 1.82) is 0 Å². The van der Waals surface area contributed by atoms with E-state index in [0.29, 0.717) is 6.04 Å². The van der Waals surface area contributed by atoms with Crippen molar-refractivity contribution in [3.63, 3.8) is 0 Å². The van der Waals surface area contributed by atoms with Crippen molar-refractivity contribution in [2.75, 3.05) is 20.2 Å². The van der Waals surface area contributed by atoms with Crippen LogP contribution in [0.5, 0.6) is 5.75 Å². The number of hydrogen-bond acceptors (Lipinski definition) is 3. The van der Waals surface area contributed by atoms with Crippen LogP contribution in [0, 0.1) is 0 Å². The minimum Gasteiger partial charge on any atom is -0.496 e. The maximum atomic E-state index is 5.54. The molecule has 1 aromatic carbocycles. The standard InChI is InChI=1S/C18H26N2O/c1-4-10-20(11-5-2)14-15-6-7-16(18(12-15)21-3)13-19-17-8-9-17/h4-7,12,17,19H,1-2,8-11,13-14H2,3H3. The Labute approximate surface area is 128 Å². The van der Waals surface area contributed by atoms with Crippen LogP contribution in [0.2, 0.25) is 0 Å². The molecule has 1 saturated carbocycles. The second-order valence-corrected chi connectivity index (χ2v) is 5.57. The molecule has 0 aromatic heterocycles. The third kappa shape index (κ3) is 5.03. The van der Waals surface area contributed by atoms with Gasteiger partial charge in [-0.2, -0.15) is 0 Å². The lowest BCUT2D eigenvalue weighted by molar-refractivity contribution is 0.326. The zero-order valence-corrected chi connectivity index (χ0v) is 13.0. The fourth-order valence-electron chi connectivity index (χ4n) is 2.40. The highest BCUT2D eigenvalue weighted by Gasteiger charge is 2.20. The maximum Gasteiger partial charge on any atom is 0.123 e. The highest BCUT2D eigenvalue weighted by atomic mass is 16.5. The van der Waals surface area contributed by atoms with E-state index in [-0.39, 0.29) is 0 Å². The predicted octanol–water partition coefficient (Wildman–Crippen LogP) is 3.12. The third-order valence-corrected chi connectivity index (χ3v) is 3.69. The molecule has 0 saturated heterocycles. The maximum absolute atomic E-state index is 5.54. The Morgan fingerprint density at radius 3 is 2.57 bits per heavy atom. The first kappa shape index (κ1) is 15.8. The molecular formula is C18H26N2O. The molecule has 3 nitrogen and oxygen atoms in total. The Balaban J connectivity index is 2.01. The molecule has 1 fully saturated rings. The van der Waals surface area contributed by atoms with Crippen molar-refractivity contribution in [3.05, 3.63) is 54.6 Å². The second kappa shape index (κ2) is 8.01. The summed E-state index contributed by atoms with van der Waals surface area (Å²) in [6, 6.07) is 7.21. The smallest absolute Gasteiger partial charge is 0.123 e. The molecule has 114 valence electrons. The van der Waals surface area contributed by atoms with Gasteiger partial charge in [0.25, 0.3) is 0 Å². The van der Waals surface area contributed by atoms with E-state index in [0.717, 1.165) is 31.9 Å². The summed E-state index contributed by atoms with van der Waals surface area (Å²) in [5, 5.41) is 3.53. The number of benzene rings is 1. The lowest BCUT2D eigenvalue weighted by Gasteiger charge is -2.19. The van der Waals surface area contributed by atoms with Gasteiger partial charge in [-0.3, -0.25) is 4.90 Å². The van der Waals surface area contributed by atoms with Gasteiger partial charge in [-0.15, -0.1) is 13.2 Å². The van der Waals surface area contributed by atoms with Crippen molar-refractivity contribution in [2.24, 2.45) is 0 Å². The molecule has 3 heteroatoms. The van der Waals surface area contributed by atoms with Crippen molar-refractivity contribution < 1.29 is 4.74 Å². The molecule has 0 aliphatic heterocycles. The summed E-state index contributed by atoms with van der Waals surface area (Å²) in [7, 11) is 1.74. The molecule has 21 heavy (non-hydrogen) atoms. The number of hydrogen-bond donors (Lipinski definition) is 1. The fraction of sp³-hybridized carbons (Fsp3) is 0.444. The third-order valence-electron chi connectivity index (χ3n) is 3.69. The Hall–Kier alpha value is -1.58. The van der Waals surface area contributed by atoms with E-state index < -0.39 is 0 Å². The second-order valence-electron chi connectivity index (χ2n) is 5.57. The van der Waals surface area contributed by atoms with Crippen molar-refractivity contribution in [3.8, 4) is 5.75 Å². The largest absolute Gasteiger partial charge is 0.496 e. The van der Waals surface area contributed by atoms with Crippen molar-refractivity contribution in [2.45, 2.75) is 32.0 Å². The van der Waals surface area contributed by atoms with Crippen LogP contribution in [0.1, 0.15) is 24.0 Å². The van der Waals surface area contributed by atoms with Gasteiger partial charge in [0.05, 0.1) is 7.11 Å². The Morgan fingerprint density at radius 2 is 2.00 bits per heavy atom.